The Bertz CT molecular complexity index is 1420. The zero-order chi connectivity index (χ0) is 24.5. The summed E-state index contributed by atoms with van der Waals surface area (Å²) in [5, 5.41) is 13.4. The first-order valence-electron chi connectivity index (χ1n) is 11.2. The Kier molecular flexibility index (Phi) is 6.32. The largest absolute Gasteiger partial charge is 0.411 e. The van der Waals surface area contributed by atoms with Crippen molar-refractivity contribution < 1.29 is 14.0 Å². The van der Waals surface area contributed by atoms with Crippen molar-refractivity contribution in [3.63, 3.8) is 0 Å². The second-order valence-electron chi connectivity index (χ2n) is 8.56. The van der Waals surface area contributed by atoms with E-state index in [1.807, 2.05) is 18.2 Å². The minimum absolute atomic E-state index is 0.114. The minimum atomic E-state index is -0.654. The molecule has 1 aliphatic rings. The van der Waals surface area contributed by atoms with Gasteiger partial charge in [0.25, 0.3) is 0 Å². The van der Waals surface area contributed by atoms with E-state index in [0.717, 1.165) is 41.1 Å². The van der Waals surface area contributed by atoms with Crippen LogP contribution >= 0.6 is 11.6 Å². The van der Waals surface area contributed by atoms with Gasteiger partial charge in [0, 0.05) is 65.9 Å². The monoisotopic (exact) mass is 493 g/mol. The van der Waals surface area contributed by atoms with Crippen LogP contribution in [0.2, 0.25) is 5.02 Å². The van der Waals surface area contributed by atoms with E-state index in [4.69, 9.17) is 22.5 Å². The molecule has 0 radical (unpaired) electrons. The maximum Gasteiger partial charge on any atom is 0.126 e. The molecule has 0 aliphatic carbocycles. The third-order valence-electron chi connectivity index (χ3n) is 6.31. The molecule has 5 rings (SSSR count). The molecule has 0 atom stereocenters. The molecule has 3 N–H and O–H groups in total. The predicted octanol–water partition coefficient (Wildman–Crippen LogP) is 5.63. The van der Waals surface area contributed by atoms with Gasteiger partial charge in [0.1, 0.15) is 11.6 Å². The fourth-order valence-corrected chi connectivity index (χ4v) is 4.80. The summed E-state index contributed by atoms with van der Waals surface area (Å²) in [6.45, 7) is 1.41. The van der Waals surface area contributed by atoms with E-state index in [2.05, 4.69) is 20.0 Å². The molecule has 1 saturated heterocycles. The van der Waals surface area contributed by atoms with Gasteiger partial charge in [0.05, 0.1) is 22.4 Å². The first kappa shape index (κ1) is 23.1. The normalized spacial score (nSPS) is 14.8. The van der Waals surface area contributed by atoms with Gasteiger partial charge in [-0.15, -0.1) is 0 Å². The first-order valence-corrected chi connectivity index (χ1v) is 11.5. The van der Waals surface area contributed by atoms with E-state index in [0.29, 0.717) is 40.4 Å². The van der Waals surface area contributed by atoms with Crippen LogP contribution in [0.3, 0.4) is 0 Å². The molecule has 0 spiro atoms. The van der Waals surface area contributed by atoms with Gasteiger partial charge in [-0.1, -0.05) is 22.8 Å². The number of aromatic nitrogens is 2. The molecule has 1 fully saturated rings. The minimum Gasteiger partial charge on any atom is -0.411 e. The summed E-state index contributed by atoms with van der Waals surface area (Å²) < 4.78 is 28.3. The number of benzene rings is 2. The Morgan fingerprint density at radius 1 is 1.00 bits per heavy atom. The molecule has 6 nitrogen and oxygen atoms in total. The van der Waals surface area contributed by atoms with E-state index < -0.39 is 11.6 Å². The molecule has 4 aromatic rings. The Balaban J connectivity index is 1.76. The summed E-state index contributed by atoms with van der Waals surface area (Å²) >= 11 is 6.31. The Hall–Kier alpha value is -3.62. The van der Waals surface area contributed by atoms with Crippen LogP contribution < -0.4 is 10.6 Å². The van der Waals surface area contributed by atoms with Gasteiger partial charge >= 0.3 is 0 Å². The summed E-state index contributed by atoms with van der Waals surface area (Å²) in [6.07, 6.45) is 7.64. The highest BCUT2D eigenvalue weighted by atomic mass is 35.5. The van der Waals surface area contributed by atoms with Crippen LogP contribution in [0.1, 0.15) is 18.4 Å². The molecule has 178 valence electrons. The van der Waals surface area contributed by atoms with Crippen LogP contribution in [0.25, 0.3) is 33.2 Å². The molecule has 1 aliphatic heterocycles. The number of pyridine rings is 2. The van der Waals surface area contributed by atoms with E-state index in [-0.39, 0.29) is 6.04 Å². The predicted molar refractivity (Wildman–Crippen MR) is 134 cm³/mol. The van der Waals surface area contributed by atoms with E-state index in [9.17, 15) is 8.78 Å². The van der Waals surface area contributed by atoms with Gasteiger partial charge in [-0.25, -0.2) is 8.78 Å². The maximum absolute atomic E-state index is 14.2. The zero-order valence-corrected chi connectivity index (χ0v) is 19.4. The average Bonchev–Trinajstić information content (AvgIpc) is 2.84. The number of fused-ring (bicyclic) bond motifs is 1. The number of piperidine rings is 1. The number of hydrogen-bond acceptors (Lipinski definition) is 6. The topological polar surface area (TPSA) is 87.6 Å². The second-order valence-corrected chi connectivity index (χ2v) is 8.97. The summed E-state index contributed by atoms with van der Waals surface area (Å²) in [5.41, 5.74) is 10.7. The van der Waals surface area contributed by atoms with E-state index in [1.54, 1.807) is 12.4 Å². The molecule has 0 unspecified atom stereocenters. The van der Waals surface area contributed by atoms with Crippen molar-refractivity contribution in [1.29, 1.82) is 0 Å². The molecular formula is C26H22ClF2N5O. The fourth-order valence-electron chi connectivity index (χ4n) is 4.59. The van der Waals surface area contributed by atoms with Crippen molar-refractivity contribution in [1.82, 2.24) is 9.97 Å². The quantitative estimate of drug-likeness (QED) is 0.218. The molecule has 35 heavy (non-hydrogen) atoms. The van der Waals surface area contributed by atoms with Crippen LogP contribution in [0.4, 0.5) is 14.5 Å². The zero-order valence-electron chi connectivity index (χ0n) is 18.6. The van der Waals surface area contributed by atoms with Crippen molar-refractivity contribution in [3.05, 3.63) is 77.2 Å². The standard InChI is InChI=1S/C26H22ClF2N5O/c27-24-14-31-11-21(23(24)13-33-35)15-1-2-25-20(9-15)26(34-5-3-19(30)4-6-34)22(12-32-25)16-7-17(28)10-18(29)8-16/h1-2,7-14,19,35H,3-6,30H2. The van der Waals surface area contributed by atoms with Gasteiger partial charge in [0.15, 0.2) is 0 Å². The van der Waals surface area contributed by atoms with Crippen molar-refractivity contribution in [2.45, 2.75) is 18.9 Å². The van der Waals surface area contributed by atoms with Crippen LogP contribution in [0, 0.1) is 11.6 Å². The molecule has 0 amide bonds. The number of hydrogen-bond donors (Lipinski definition) is 2. The van der Waals surface area contributed by atoms with Crippen molar-refractivity contribution in [3.8, 4) is 22.3 Å². The van der Waals surface area contributed by atoms with E-state index in [1.165, 1.54) is 24.5 Å². The highest BCUT2D eigenvalue weighted by Gasteiger charge is 2.23. The number of nitrogens with zero attached hydrogens (tertiary/aromatic N) is 4. The lowest BCUT2D eigenvalue weighted by molar-refractivity contribution is 0.322. The smallest absolute Gasteiger partial charge is 0.126 e. The van der Waals surface area contributed by atoms with Crippen LogP contribution in [0.5, 0.6) is 0 Å². The molecule has 0 bridgehead atoms. The third kappa shape index (κ3) is 4.54. The number of rotatable bonds is 4. The number of nitrogens with two attached hydrogens (primary N) is 1. The highest BCUT2D eigenvalue weighted by molar-refractivity contribution is 6.33. The van der Waals surface area contributed by atoms with Crippen LogP contribution in [-0.4, -0.2) is 40.5 Å². The van der Waals surface area contributed by atoms with Crippen LogP contribution in [-0.2, 0) is 0 Å². The molecule has 2 aromatic heterocycles. The average molecular weight is 494 g/mol. The second kappa shape index (κ2) is 9.56. The van der Waals surface area contributed by atoms with Gasteiger partial charge < -0.3 is 15.8 Å². The van der Waals surface area contributed by atoms with Crippen molar-refractivity contribution in [2.75, 3.05) is 18.0 Å². The number of anilines is 1. The summed E-state index contributed by atoms with van der Waals surface area (Å²) in [7, 11) is 0. The molecule has 9 heteroatoms. The summed E-state index contributed by atoms with van der Waals surface area (Å²) in [5.74, 6) is -1.31. The fraction of sp³-hybridized carbons (Fsp3) is 0.192. The summed E-state index contributed by atoms with van der Waals surface area (Å²) in [6, 6.07) is 9.30. The lowest BCUT2D eigenvalue weighted by Gasteiger charge is -2.34. The van der Waals surface area contributed by atoms with Gasteiger partial charge in [-0.2, -0.15) is 0 Å². The van der Waals surface area contributed by atoms with Crippen molar-refractivity contribution in [2.24, 2.45) is 10.9 Å². The Labute approximate surface area is 205 Å². The molecule has 0 saturated carbocycles. The van der Waals surface area contributed by atoms with Gasteiger partial charge in [-0.05, 0) is 48.2 Å². The lowest BCUT2D eigenvalue weighted by atomic mass is 9.95. The Morgan fingerprint density at radius 2 is 1.74 bits per heavy atom. The SMILES string of the molecule is NC1CCN(c2c(-c3cc(F)cc(F)c3)cnc3ccc(-c4cncc(Cl)c4C=NO)cc23)CC1. The maximum atomic E-state index is 14.2. The number of oxime groups is 1. The number of halogens is 3. The van der Waals surface area contributed by atoms with Gasteiger partial charge in [0.2, 0.25) is 0 Å². The van der Waals surface area contributed by atoms with Crippen molar-refractivity contribution >= 4 is 34.4 Å². The van der Waals surface area contributed by atoms with E-state index >= 15 is 0 Å². The van der Waals surface area contributed by atoms with Crippen LogP contribution in [0.15, 0.2) is 60.1 Å². The van der Waals surface area contributed by atoms with Gasteiger partial charge in [-0.3, -0.25) is 9.97 Å². The highest BCUT2D eigenvalue weighted by Crippen LogP contribution is 2.40. The Morgan fingerprint density at radius 3 is 2.46 bits per heavy atom. The molecule has 2 aromatic carbocycles. The molecule has 3 heterocycles. The summed E-state index contributed by atoms with van der Waals surface area (Å²) in [4.78, 5) is 11.0. The molecular weight excluding hydrogens is 472 g/mol. The third-order valence-corrected chi connectivity index (χ3v) is 6.61. The lowest BCUT2D eigenvalue weighted by Crippen LogP contribution is -2.40. The first-order chi connectivity index (χ1) is 16.9.